The van der Waals surface area contributed by atoms with Crippen LogP contribution in [0.3, 0.4) is 0 Å². The zero-order valence-corrected chi connectivity index (χ0v) is 12.5. The van der Waals surface area contributed by atoms with Crippen LogP contribution in [0.2, 0.25) is 0 Å². The highest BCUT2D eigenvalue weighted by Crippen LogP contribution is 2.15. The highest BCUT2D eigenvalue weighted by molar-refractivity contribution is 5.89. The van der Waals surface area contributed by atoms with Crippen molar-refractivity contribution in [1.82, 2.24) is 16.0 Å². The van der Waals surface area contributed by atoms with Gasteiger partial charge in [-0.2, -0.15) is 0 Å². The van der Waals surface area contributed by atoms with Gasteiger partial charge in [0.05, 0.1) is 6.04 Å². The summed E-state index contributed by atoms with van der Waals surface area (Å²) in [6, 6.07) is -0.644. The van der Waals surface area contributed by atoms with Crippen LogP contribution in [0, 0.1) is 11.8 Å². The van der Waals surface area contributed by atoms with Crippen LogP contribution in [0.5, 0.6) is 0 Å². The zero-order valence-electron chi connectivity index (χ0n) is 12.5. The normalized spacial score (nSPS) is 24.9. The van der Waals surface area contributed by atoms with Crippen molar-refractivity contribution < 1.29 is 9.59 Å². The molecule has 2 amide bonds. The average molecular weight is 269 g/mol. The van der Waals surface area contributed by atoms with Gasteiger partial charge in [0, 0.05) is 6.54 Å². The van der Waals surface area contributed by atoms with E-state index in [1.165, 1.54) is 0 Å². The standard InChI is InChI=1S/C14H27N3O2/c1-9(2)8-16-13(18)11(4)17-14(19)12-7-10(3)5-6-15-12/h9-12,15H,5-8H2,1-4H3,(H,16,18)(H,17,19). The molecule has 0 aromatic carbocycles. The maximum absolute atomic E-state index is 12.0. The Balaban J connectivity index is 2.36. The number of carbonyl (C=O) groups is 2. The Hall–Kier alpha value is -1.10. The highest BCUT2D eigenvalue weighted by Gasteiger charge is 2.26. The Morgan fingerprint density at radius 3 is 2.58 bits per heavy atom. The van der Waals surface area contributed by atoms with Crippen molar-refractivity contribution >= 4 is 11.8 Å². The van der Waals surface area contributed by atoms with Crippen molar-refractivity contribution in [2.24, 2.45) is 11.8 Å². The molecule has 1 aliphatic heterocycles. The van der Waals surface area contributed by atoms with E-state index in [0.717, 1.165) is 19.4 Å². The van der Waals surface area contributed by atoms with Gasteiger partial charge < -0.3 is 16.0 Å². The van der Waals surface area contributed by atoms with Gasteiger partial charge in [0.25, 0.3) is 0 Å². The van der Waals surface area contributed by atoms with Gasteiger partial charge in [0.15, 0.2) is 0 Å². The lowest BCUT2D eigenvalue weighted by Gasteiger charge is -2.28. The lowest BCUT2D eigenvalue weighted by Crippen LogP contribution is -2.53. The molecule has 1 rings (SSSR count). The smallest absolute Gasteiger partial charge is 0.242 e. The maximum atomic E-state index is 12.0. The average Bonchev–Trinajstić information content (AvgIpc) is 2.35. The van der Waals surface area contributed by atoms with Crippen molar-refractivity contribution in [2.45, 2.75) is 52.6 Å². The predicted octanol–water partition coefficient (Wildman–Crippen LogP) is 0.651. The molecule has 1 saturated heterocycles. The molecule has 1 heterocycles. The molecule has 3 atom stereocenters. The molecular formula is C14H27N3O2. The molecule has 0 aliphatic carbocycles. The summed E-state index contributed by atoms with van der Waals surface area (Å²) in [5.41, 5.74) is 0. The second kappa shape index (κ2) is 7.48. The molecule has 0 radical (unpaired) electrons. The summed E-state index contributed by atoms with van der Waals surface area (Å²) >= 11 is 0. The monoisotopic (exact) mass is 269 g/mol. The molecule has 19 heavy (non-hydrogen) atoms. The summed E-state index contributed by atoms with van der Waals surface area (Å²) in [6.07, 6.45) is 1.94. The third-order valence-corrected chi connectivity index (χ3v) is 3.42. The maximum Gasteiger partial charge on any atom is 0.242 e. The molecule has 0 aromatic heterocycles. The first kappa shape index (κ1) is 16.0. The van der Waals surface area contributed by atoms with Crippen LogP contribution in [0.15, 0.2) is 0 Å². The Morgan fingerprint density at radius 1 is 1.32 bits per heavy atom. The first-order valence-electron chi connectivity index (χ1n) is 7.21. The first-order valence-corrected chi connectivity index (χ1v) is 7.21. The topological polar surface area (TPSA) is 70.2 Å². The summed E-state index contributed by atoms with van der Waals surface area (Å²) in [5, 5.41) is 8.81. The molecule has 0 aromatic rings. The van der Waals surface area contributed by atoms with Gasteiger partial charge in [-0.05, 0) is 38.1 Å². The molecule has 1 aliphatic rings. The number of rotatable bonds is 5. The van der Waals surface area contributed by atoms with Crippen LogP contribution >= 0.6 is 0 Å². The van der Waals surface area contributed by atoms with Crippen molar-refractivity contribution in [3.05, 3.63) is 0 Å². The SMILES string of the molecule is CC(C)CNC(=O)C(C)NC(=O)C1CC(C)CCN1. The van der Waals surface area contributed by atoms with Gasteiger partial charge in [0.1, 0.15) is 6.04 Å². The number of hydrogen-bond acceptors (Lipinski definition) is 3. The molecule has 5 heteroatoms. The lowest BCUT2D eigenvalue weighted by molar-refractivity contribution is -0.130. The molecule has 110 valence electrons. The molecule has 0 bridgehead atoms. The molecule has 0 spiro atoms. The minimum absolute atomic E-state index is 0.0706. The Labute approximate surface area is 115 Å². The van der Waals surface area contributed by atoms with E-state index in [0.29, 0.717) is 18.4 Å². The lowest BCUT2D eigenvalue weighted by atomic mass is 9.94. The molecule has 3 N–H and O–H groups in total. The third-order valence-electron chi connectivity index (χ3n) is 3.42. The van der Waals surface area contributed by atoms with E-state index in [1.807, 2.05) is 13.8 Å². The molecular weight excluding hydrogens is 242 g/mol. The van der Waals surface area contributed by atoms with E-state index in [2.05, 4.69) is 22.9 Å². The minimum atomic E-state index is -0.481. The summed E-state index contributed by atoms with van der Waals surface area (Å²) in [6.45, 7) is 9.46. The van der Waals surface area contributed by atoms with Crippen LogP contribution < -0.4 is 16.0 Å². The fourth-order valence-corrected chi connectivity index (χ4v) is 2.14. The van der Waals surface area contributed by atoms with E-state index in [1.54, 1.807) is 6.92 Å². The first-order chi connectivity index (χ1) is 8.90. The number of amides is 2. The molecule has 3 unspecified atom stereocenters. The van der Waals surface area contributed by atoms with E-state index in [4.69, 9.17) is 0 Å². The van der Waals surface area contributed by atoms with Crippen molar-refractivity contribution in [3.63, 3.8) is 0 Å². The van der Waals surface area contributed by atoms with Crippen LogP contribution in [-0.4, -0.2) is 37.0 Å². The van der Waals surface area contributed by atoms with Gasteiger partial charge in [-0.3, -0.25) is 9.59 Å². The summed E-state index contributed by atoms with van der Waals surface area (Å²) in [5.74, 6) is 0.777. The van der Waals surface area contributed by atoms with E-state index in [-0.39, 0.29) is 17.9 Å². The highest BCUT2D eigenvalue weighted by atomic mass is 16.2. The third kappa shape index (κ3) is 5.59. The molecule has 5 nitrogen and oxygen atoms in total. The number of nitrogens with one attached hydrogen (secondary N) is 3. The summed E-state index contributed by atoms with van der Waals surface area (Å²) in [4.78, 5) is 23.8. The van der Waals surface area contributed by atoms with Crippen molar-refractivity contribution in [3.8, 4) is 0 Å². The zero-order chi connectivity index (χ0) is 14.4. The van der Waals surface area contributed by atoms with Gasteiger partial charge in [-0.15, -0.1) is 0 Å². The number of piperidine rings is 1. The minimum Gasteiger partial charge on any atom is -0.354 e. The summed E-state index contributed by atoms with van der Waals surface area (Å²) < 4.78 is 0. The van der Waals surface area contributed by atoms with E-state index >= 15 is 0 Å². The van der Waals surface area contributed by atoms with Crippen molar-refractivity contribution in [2.75, 3.05) is 13.1 Å². The Kier molecular flexibility index (Phi) is 6.28. The predicted molar refractivity (Wildman–Crippen MR) is 75.6 cm³/mol. The van der Waals surface area contributed by atoms with Crippen LogP contribution in [0.1, 0.15) is 40.5 Å². The van der Waals surface area contributed by atoms with Gasteiger partial charge in [-0.25, -0.2) is 0 Å². The number of carbonyl (C=O) groups excluding carboxylic acids is 2. The van der Waals surface area contributed by atoms with E-state index in [9.17, 15) is 9.59 Å². The van der Waals surface area contributed by atoms with Gasteiger partial charge in [0.2, 0.25) is 11.8 Å². The second-order valence-electron chi connectivity index (χ2n) is 6.01. The molecule has 0 saturated carbocycles. The van der Waals surface area contributed by atoms with Gasteiger partial charge >= 0.3 is 0 Å². The number of hydrogen-bond donors (Lipinski definition) is 3. The molecule has 1 fully saturated rings. The quantitative estimate of drug-likeness (QED) is 0.686. The largest absolute Gasteiger partial charge is 0.354 e. The van der Waals surface area contributed by atoms with Crippen molar-refractivity contribution in [1.29, 1.82) is 0 Å². The van der Waals surface area contributed by atoms with Gasteiger partial charge in [-0.1, -0.05) is 20.8 Å². The second-order valence-corrected chi connectivity index (χ2v) is 6.01. The summed E-state index contributed by atoms with van der Waals surface area (Å²) in [7, 11) is 0. The fourth-order valence-electron chi connectivity index (χ4n) is 2.14. The van der Waals surface area contributed by atoms with Crippen LogP contribution in [-0.2, 0) is 9.59 Å². The van der Waals surface area contributed by atoms with E-state index < -0.39 is 6.04 Å². The Morgan fingerprint density at radius 2 is 2.00 bits per heavy atom. The Bertz CT molecular complexity index is 318. The van der Waals surface area contributed by atoms with Crippen LogP contribution in [0.4, 0.5) is 0 Å². The fraction of sp³-hybridized carbons (Fsp3) is 0.857. The van der Waals surface area contributed by atoms with Crippen LogP contribution in [0.25, 0.3) is 0 Å².